The molecule has 0 amide bonds. The van der Waals surface area contributed by atoms with Crippen LogP contribution in [0.15, 0.2) is 0 Å². The summed E-state index contributed by atoms with van der Waals surface area (Å²) in [6.45, 7) is 3.55. The molecule has 12 heavy (non-hydrogen) atoms. The molecule has 0 aromatic heterocycles. The van der Waals surface area contributed by atoms with Gasteiger partial charge in [-0.1, -0.05) is 0 Å². The summed E-state index contributed by atoms with van der Waals surface area (Å²) in [4.78, 5) is 10.9. The van der Waals surface area contributed by atoms with E-state index >= 15 is 0 Å². The molecule has 0 aromatic carbocycles. The van der Waals surface area contributed by atoms with Crippen molar-refractivity contribution in [2.45, 2.75) is 24.5 Å². The molecular formula is C6H11Cl3GeO2. The fourth-order valence-corrected chi connectivity index (χ4v) is 2.30. The van der Waals surface area contributed by atoms with Gasteiger partial charge in [-0.15, -0.1) is 0 Å². The average molecular weight is 294 g/mol. The fourth-order valence-electron chi connectivity index (χ4n) is 0.533. The molecular weight excluding hydrogens is 283 g/mol. The molecule has 0 atom stereocenters. The van der Waals surface area contributed by atoms with E-state index in [1.165, 1.54) is 7.11 Å². The van der Waals surface area contributed by atoms with E-state index in [9.17, 15) is 4.79 Å². The summed E-state index contributed by atoms with van der Waals surface area (Å²) in [5, 5.41) is 0. The Labute approximate surface area is 87.4 Å². The molecule has 0 unspecified atom stereocenters. The first-order chi connectivity index (χ1) is 5.20. The molecule has 0 rings (SSSR count). The van der Waals surface area contributed by atoms with E-state index in [4.69, 9.17) is 30.0 Å². The predicted molar refractivity (Wildman–Crippen MR) is 54.0 cm³/mol. The van der Waals surface area contributed by atoms with Crippen LogP contribution in [0.5, 0.6) is 0 Å². The van der Waals surface area contributed by atoms with E-state index in [1.54, 1.807) is 13.8 Å². The van der Waals surface area contributed by atoms with Gasteiger partial charge in [0.05, 0.1) is 0 Å². The maximum atomic E-state index is 10.9. The van der Waals surface area contributed by atoms with Gasteiger partial charge in [-0.25, -0.2) is 0 Å². The summed E-state index contributed by atoms with van der Waals surface area (Å²) < 4.78 is 3.97. The van der Waals surface area contributed by atoms with Crippen molar-refractivity contribution < 1.29 is 9.53 Å². The van der Waals surface area contributed by atoms with Crippen molar-refractivity contribution in [3.63, 3.8) is 0 Å². The van der Waals surface area contributed by atoms with Crippen LogP contribution in [0.1, 0.15) is 20.3 Å². The van der Waals surface area contributed by atoms with Gasteiger partial charge < -0.3 is 0 Å². The monoisotopic (exact) mass is 294 g/mol. The average Bonchev–Trinajstić information content (AvgIpc) is 1.84. The zero-order chi connectivity index (χ0) is 9.99. The van der Waals surface area contributed by atoms with Crippen LogP contribution in [-0.2, 0) is 9.53 Å². The van der Waals surface area contributed by atoms with Gasteiger partial charge in [0.2, 0.25) is 0 Å². The molecule has 0 aliphatic carbocycles. The molecule has 0 fully saturated rings. The predicted octanol–water partition coefficient (Wildman–Crippen LogP) is 2.99. The summed E-state index contributed by atoms with van der Waals surface area (Å²) in [5.74, 6) is -0.336. The quantitative estimate of drug-likeness (QED) is 0.591. The third-order valence-corrected chi connectivity index (χ3v) is 13.1. The van der Waals surface area contributed by atoms with Crippen LogP contribution < -0.4 is 0 Å². The molecule has 0 aliphatic rings. The Morgan fingerprint density at radius 2 is 1.83 bits per heavy atom. The van der Waals surface area contributed by atoms with Crippen LogP contribution in [0.25, 0.3) is 0 Å². The van der Waals surface area contributed by atoms with Crippen molar-refractivity contribution in [2.24, 2.45) is 0 Å². The minimum absolute atomic E-state index is 0.167. The third kappa shape index (κ3) is 3.73. The summed E-state index contributed by atoms with van der Waals surface area (Å²) in [6, 6.07) is 0. The molecule has 0 saturated heterocycles. The van der Waals surface area contributed by atoms with Gasteiger partial charge in [0, 0.05) is 0 Å². The van der Waals surface area contributed by atoms with Crippen LogP contribution in [0.4, 0.5) is 0 Å². The van der Waals surface area contributed by atoms with E-state index in [0.717, 1.165) is 0 Å². The van der Waals surface area contributed by atoms with E-state index in [-0.39, 0.29) is 12.4 Å². The summed E-state index contributed by atoms with van der Waals surface area (Å²) >= 11 is 0. The topological polar surface area (TPSA) is 26.3 Å². The van der Waals surface area contributed by atoms with Gasteiger partial charge in [-0.3, -0.25) is 0 Å². The van der Waals surface area contributed by atoms with Gasteiger partial charge in [-0.05, 0) is 0 Å². The van der Waals surface area contributed by atoms with Crippen molar-refractivity contribution >= 4 is 46.5 Å². The number of carbonyl (C=O) groups excluding carboxylic acids is 1. The van der Waals surface area contributed by atoms with Gasteiger partial charge >= 0.3 is 87.6 Å². The van der Waals surface area contributed by atoms with Crippen molar-refractivity contribution in [3.8, 4) is 0 Å². The molecule has 0 saturated carbocycles. The van der Waals surface area contributed by atoms with Crippen molar-refractivity contribution in [2.75, 3.05) is 7.11 Å². The molecule has 0 spiro atoms. The molecule has 6 heteroatoms. The van der Waals surface area contributed by atoms with Crippen LogP contribution in [-0.4, -0.2) is 23.6 Å². The van der Waals surface area contributed by atoms with Crippen LogP contribution in [0.2, 0.25) is 4.25 Å². The van der Waals surface area contributed by atoms with Crippen molar-refractivity contribution in [1.82, 2.24) is 0 Å². The Bertz CT molecular complexity index is 176. The molecule has 0 bridgehead atoms. The number of hydrogen-bond donors (Lipinski definition) is 0. The third-order valence-electron chi connectivity index (χ3n) is 1.58. The van der Waals surface area contributed by atoms with Crippen LogP contribution >= 0.6 is 30.0 Å². The Hall–Kier alpha value is 0.883. The summed E-state index contributed by atoms with van der Waals surface area (Å²) in [7, 11) is 15.5. The Balaban J connectivity index is 4.33. The molecule has 0 aliphatic heterocycles. The first-order valence-electron chi connectivity index (χ1n) is 3.34. The Morgan fingerprint density at radius 3 is 2.08 bits per heavy atom. The van der Waals surface area contributed by atoms with Crippen molar-refractivity contribution in [3.05, 3.63) is 0 Å². The SMILES string of the molecule is COC(=O)C[C](C)(C)[Ge]([Cl])([Cl])[Cl]. The van der Waals surface area contributed by atoms with E-state index in [0.29, 0.717) is 0 Å². The number of esters is 1. The second-order valence-electron chi connectivity index (χ2n) is 3.13. The van der Waals surface area contributed by atoms with Crippen LogP contribution in [0.3, 0.4) is 0 Å². The standard InChI is InChI=1S/C6H11Cl3GeO2/c1-6(2,10(7,8)9)4-5(11)12-3/h4H2,1-3H3. The van der Waals surface area contributed by atoms with Gasteiger partial charge in [0.25, 0.3) is 0 Å². The molecule has 2 nitrogen and oxygen atoms in total. The van der Waals surface area contributed by atoms with Gasteiger partial charge in [-0.2, -0.15) is 0 Å². The molecule has 0 radical (unpaired) electrons. The zero-order valence-electron chi connectivity index (χ0n) is 7.16. The van der Waals surface area contributed by atoms with Gasteiger partial charge in [0.1, 0.15) is 0 Å². The molecule has 72 valence electrons. The Kier molecular flexibility index (Phi) is 4.72. The second kappa shape index (κ2) is 4.40. The first kappa shape index (κ1) is 12.9. The van der Waals surface area contributed by atoms with E-state index in [1.807, 2.05) is 0 Å². The molecule has 0 aromatic rings. The summed E-state index contributed by atoms with van der Waals surface area (Å²) in [5.41, 5.74) is 0. The molecule has 0 N–H and O–H groups in total. The minimum atomic E-state index is -3.33. The number of ether oxygens (including phenoxy) is 1. The number of halogens is 3. The number of hydrogen-bond acceptors (Lipinski definition) is 2. The fraction of sp³-hybridized carbons (Fsp3) is 0.833. The van der Waals surface area contributed by atoms with Crippen LogP contribution in [0, 0.1) is 0 Å². The zero-order valence-corrected chi connectivity index (χ0v) is 11.5. The summed E-state index contributed by atoms with van der Waals surface area (Å²) in [6.07, 6.45) is 0.167. The first-order valence-corrected chi connectivity index (χ1v) is 12.7. The normalized spacial score (nSPS) is 12.8. The second-order valence-corrected chi connectivity index (χ2v) is 19.9. The number of methoxy groups -OCH3 is 1. The maximum absolute atomic E-state index is 10.9. The van der Waals surface area contributed by atoms with E-state index < -0.39 is 14.7 Å². The number of rotatable bonds is 3. The van der Waals surface area contributed by atoms with Crippen molar-refractivity contribution in [1.29, 1.82) is 0 Å². The van der Waals surface area contributed by atoms with E-state index in [2.05, 4.69) is 4.74 Å². The number of carbonyl (C=O) groups is 1. The van der Waals surface area contributed by atoms with Gasteiger partial charge in [0.15, 0.2) is 0 Å². The molecule has 0 heterocycles. The Morgan fingerprint density at radius 1 is 1.42 bits per heavy atom.